The first-order valence-electron chi connectivity index (χ1n) is 9.75. The molecule has 0 atom stereocenters. The summed E-state index contributed by atoms with van der Waals surface area (Å²) in [5.41, 5.74) is -0.0469. The Morgan fingerprint density at radius 1 is 0.920 bits per heavy atom. The van der Waals surface area contributed by atoms with E-state index in [4.69, 9.17) is 0 Å². The normalized spacial score (nSPS) is 36.7. The number of piperazine rings is 1. The lowest BCUT2D eigenvalue weighted by atomic mass is 9.49. The quantitative estimate of drug-likeness (QED) is 0.814. The molecule has 4 nitrogen and oxygen atoms in total. The molecule has 4 saturated carbocycles. The first-order valence-corrected chi connectivity index (χ1v) is 10.6. The maximum Gasteiger partial charge on any atom is 0.264 e. The van der Waals surface area contributed by atoms with Gasteiger partial charge in [-0.15, -0.1) is 11.3 Å². The van der Waals surface area contributed by atoms with E-state index in [2.05, 4.69) is 4.90 Å². The summed E-state index contributed by atoms with van der Waals surface area (Å²) in [6.07, 6.45) is 7.51. The van der Waals surface area contributed by atoms with Crippen LogP contribution in [0.15, 0.2) is 17.5 Å². The topological polar surface area (TPSA) is 40.6 Å². The van der Waals surface area contributed by atoms with Gasteiger partial charge in [-0.3, -0.25) is 9.59 Å². The van der Waals surface area contributed by atoms with Crippen molar-refractivity contribution in [2.24, 2.45) is 23.2 Å². The van der Waals surface area contributed by atoms with Gasteiger partial charge in [-0.1, -0.05) is 6.07 Å². The third-order valence-electron chi connectivity index (χ3n) is 7.08. The van der Waals surface area contributed by atoms with Crippen molar-refractivity contribution in [2.45, 2.75) is 38.5 Å². The smallest absolute Gasteiger partial charge is 0.264 e. The van der Waals surface area contributed by atoms with E-state index in [0.29, 0.717) is 32.1 Å². The highest BCUT2D eigenvalue weighted by Gasteiger charge is 2.55. The third-order valence-corrected chi connectivity index (χ3v) is 7.94. The van der Waals surface area contributed by atoms with Crippen LogP contribution in [0.2, 0.25) is 0 Å². The molecule has 5 fully saturated rings. The molecule has 134 valence electrons. The minimum Gasteiger partial charge on any atom is -0.339 e. The molecule has 2 heterocycles. The van der Waals surface area contributed by atoms with Crippen molar-refractivity contribution in [2.75, 3.05) is 26.2 Å². The van der Waals surface area contributed by atoms with Gasteiger partial charge in [0.25, 0.3) is 5.91 Å². The molecule has 4 bridgehead atoms. The number of carbonyl (C=O) groups is 2. The molecule has 1 saturated heterocycles. The van der Waals surface area contributed by atoms with Crippen molar-refractivity contribution >= 4 is 23.2 Å². The number of rotatable bonds is 2. The molecule has 6 rings (SSSR count). The van der Waals surface area contributed by atoms with Gasteiger partial charge in [0, 0.05) is 26.2 Å². The molecule has 25 heavy (non-hydrogen) atoms. The highest BCUT2D eigenvalue weighted by Crippen LogP contribution is 2.60. The lowest BCUT2D eigenvalue weighted by molar-refractivity contribution is -0.159. The zero-order chi connectivity index (χ0) is 17.0. The molecular formula is C20H26N2O2S. The Bertz CT molecular complexity index is 641. The summed E-state index contributed by atoms with van der Waals surface area (Å²) in [5, 5.41) is 1.94. The Balaban J connectivity index is 1.25. The standard InChI is InChI=1S/C20H26N2O2S/c23-18(17-2-1-7-25-17)21-3-5-22(6-4-21)19(24)20-11-14-8-15(12-20)10-16(9-14)13-20/h1-2,7,14-16H,3-6,8-13H2. The number of hydrogen-bond donors (Lipinski definition) is 0. The van der Waals surface area contributed by atoms with E-state index in [1.54, 1.807) is 0 Å². The van der Waals surface area contributed by atoms with Crippen molar-refractivity contribution in [1.29, 1.82) is 0 Å². The monoisotopic (exact) mass is 358 g/mol. The molecule has 0 N–H and O–H groups in total. The molecule has 1 aliphatic heterocycles. The van der Waals surface area contributed by atoms with Gasteiger partial charge in [-0.05, 0) is 67.7 Å². The summed E-state index contributed by atoms with van der Waals surface area (Å²) in [6, 6.07) is 3.81. The molecular weight excluding hydrogens is 332 g/mol. The summed E-state index contributed by atoms with van der Waals surface area (Å²) in [4.78, 5) is 30.7. The molecule has 2 amide bonds. The number of thiophene rings is 1. The van der Waals surface area contributed by atoms with Crippen molar-refractivity contribution < 1.29 is 9.59 Å². The lowest BCUT2D eigenvalue weighted by Gasteiger charge is -2.57. The first-order chi connectivity index (χ1) is 12.1. The van der Waals surface area contributed by atoms with Gasteiger partial charge in [-0.25, -0.2) is 0 Å². The first kappa shape index (κ1) is 15.9. The highest BCUT2D eigenvalue weighted by molar-refractivity contribution is 7.12. The number of amides is 2. The Kier molecular flexibility index (Phi) is 3.70. The predicted molar refractivity (Wildman–Crippen MR) is 97.4 cm³/mol. The molecule has 0 radical (unpaired) electrons. The zero-order valence-electron chi connectivity index (χ0n) is 14.7. The van der Waals surface area contributed by atoms with E-state index in [0.717, 1.165) is 41.9 Å². The average Bonchev–Trinajstić information content (AvgIpc) is 3.14. The Morgan fingerprint density at radius 2 is 1.48 bits per heavy atom. The summed E-state index contributed by atoms with van der Waals surface area (Å²) in [5.74, 6) is 2.94. The van der Waals surface area contributed by atoms with Crippen LogP contribution >= 0.6 is 11.3 Å². The predicted octanol–water partition coefficient (Wildman–Crippen LogP) is 3.25. The van der Waals surface area contributed by atoms with Crippen LogP contribution in [-0.4, -0.2) is 47.8 Å². The van der Waals surface area contributed by atoms with E-state index in [1.807, 2.05) is 22.4 Å². The fourth-order valence-electron chi connectivity index (χ4n) is 6.38. The molecule has 5 aliphatic rings. The van der Waals surface area contributed by atoms with Gasteiger partial charge in [0.2, 0.25) is 5.91 Å². The molecule has 0 aromatic carbocycles. The van der Waals surface area contributed by atoms with Crippen LogP contribution in [0, 0.1) is 23.2 Å². The van der Waals surface area contributed by atoms with Crippen LogP contribution in [-0.2, 0) is 4.79 Å². The van der Waals surface area contributed by atoms with Gasteiger partial charge in [-0.2, -0.15) is 0 Å². The molecule has 0 unspecified atom stereocenters. The molecule has 4 aliphatic carbocycles. The summed E-state index contributed by atoms with van der Waals surface area (Å²) < 4.78 is 0. The summed E-state index contributed by atoms with van der Waals surface area (Å²) >= 11 is 1.50. The number of hydrogen-bond acceptors (Lipinski definition) is 3. The summed E-state index contributed by atoms with van der Waals surface area (Å²) in [6.45, 7) is 2.76. The second kappa shape index (κ2) is 5.83. The van der Waals surface area contributed by atoms with E-state index >= 15 is 0 Å². The number of nitrogens with zero attached hydrogens (tertiary/aromatic N) is 2. The second-order valence-electron chi connectivity index (χ2n) is 8.76. The van der Waals surface area contributed by atoms with Crippen molar-refractivity contribution in [1.82, 2.24) is 9.80 Å². The Hall–Kier alpha value is -1.36. The Labute approximate surface area is 153 Å². The van der Waals surface area contributed by atoms with Crippen molar-refractivity contribution in [3.05, 3.63) is 22.4 Å². The van der Waals surface area contributed by atoms with Crippen LogP contribution in [0.4, 0.5) is 0 Å². The van der Waals surface area contributed by atoms with Gasteiger partial charge in [0.15, 0.2) is 0 Å². The molecule has 1 aromatic rings. The fraction of sp³-hybridized carbons (Fsp3) is 0.700. The van der Waals surface area contributed by atoms with Gasteiger partial charge < -0.3 is 9.80 Å². The summed E-state index contributed by atoms with van der Waals surface area (Å²) in [7, 11) is 0. The fourth-order valence-corrected chi connectivity index (χ4v) is 7.07. The van der Waals surface area contributed by atoms with Crippen LogP contribution in [0.3, 0.4) is 0 Å². The van der Waals surface area contributed by atoms with E-state index in [9.17, 15) is 9.59 Å². The van der Waals surface area contributed by atoms with Crippen LogP contribution in [0.1, 0.15) is 48.2 Å². The molecule has 1 aromatic heterocycles. The SMILES string of the molecule is O=C(c1cccs1)N1CCN(C(=O)C23CC4CC(CC(C4)C2)C3)CC1. The zero-order valence-corrected chi connectivity index (χ0v) is 15.5. The van der Waals surface area contributed by atoms with Gasteiger partial charge in [0.1, 0.15) is 0 Å². The maximum atomic E-state index is 13.4. The minimum absolute atomic E-state index is 0.0469. The average molecular weight is 359 g/mol. The molecule has 5 heteroatoms. The van der Waals surface area contributed by atoms with Crippen molar-refractivity contribution in [3.8, 4) is 0 Å². The largest absolute Gasteiger partial charge is 0.339 e. The van der Waals surface area contributed by atoms with Crippen LogP contribution < -0.4 is 0 Å². The van der Waals surface area contributed by atoms with Gasteiger partial charge in [0.05, 0.1) is 10.3 Å². The molecule has 0 spiro atoms. The highest BCUT2D eigenvalue weighted by atomic mass is 32.1. The van der Waals surface area contributed by atoms with Gasteiger partial charge >= 0.3 is 0 Å². The van der Waals surface area contributed by atoms with E-state index < -0.39 is 0 Å². The van der Waals surface area contributed by atoms with Crippen LogP contribution in [0.5, 0.6) is 0 Å². The van der Waals surface area contributed by atoms with Crippen molar-refractivity contribution in [3.63, 3.8) is 0 Å². The van der Waals surface area contributed by atoms with E-state index in [1.165, 1.54) is 30.6 Å². The van der Waals surface area contributed by atoms with Crippen LogP contribution in [0.25, 0.3) is 0 Å². The minimum atomic E-state index is -0.0469. The second-order valence-corrected chi connectivity index (χ2v) is 9.71. The lowest BCUT2D eigenvalue weighted by Crippen LogP contribution is -2.58. The van der Waals surface area contributed by atoms with E-state index in [-0.39, 0.29) is 11.3 Å². The third kappa shape index (κ3) is 2.62. The maximum absolute atomic E-state index is 13.4. The Morgan fingerprint density at radius 3 is 2.00 bits per heavy atom. The number of carbonyl (C=O) groups excluding carboxylic acids is 2.